The highest BCUT2D eigenvalue weighted by Gasteiger charge is 2.07. The molecule has 0 radical (unpaired) electrons. The van der Waals surface area contributed by atoms with Gasteiger partial charge in [-0.05, 0) is 31.0 Å². The van der Waals surface area contributed by atoms with E-state index in [0.29, 0.717) is 13.1 Å². The first-order valence-corrected chi connectivity index (χ1v) is 10.5. The summed E-state index contributed by atoms with van der Waals surface area (Å²) < 4.78 is 16.1. The lowest BCUT2D eigenvalue weighted by molar-refractivity contribution is 0.145. The molecule has 32 heavy (non-hydrogen) atoms. The van der Waals surface area contributed by atoms with Crippen molar-refractivity contribution in [3.63, 3.8) is 0 Å². The van der Waals surface area contributed by atoms with Crippen LogP contribution >= 0.6 is 24.0 Å². The Morgan fingerprint density at radius 1 is 1.06 bits per heavy atom. The van der Waals surface area contributed by atoms with Gasteiger partial charge in [0.1, 0.15) is 11.4 Å². The van der Waals surface area contributed by atoms with Gasteiger partial charge < -0.3 is 24.6 Å². The highest BCUT2D eigenvalue weighted by molar-refractivity contribution is 14.0. The van der Waals surface area contributed by atoms with Gasteiger partial charge in [0.2, 0.25) is 0 Å². The van der Waals surface area contributed by atoms with Crippen LogP contribution in [0.5, 0.6) is 5.75 Å². The molecule has 2 N–H and O–H groups in total. The highest BCUT2D eigenvalue weighted by Crippen LogP contribution is 2.19. The van der Waals surface area contributed by atoms with Crippen LogP contribution in [-0.4, -0.2) is 38.0 Å². The molecule has 1 aromatic heterocycles. The number of aromatic nitrogens is 1. The lowest BCUT2D eigenvalue weighted by Crippen LogP contribution is -2.37. The molecule has 172 valence electrons. The number of halogens is 1. The van der Waals surface area contributed by atoms with E-state index in [2.05, 4.69) is 15.8 Å². The Kier molecular flexibility index (Phi) is 11.6. The Morgan fingerprint density at radius 2 is 1.84 bits per heavy atom. The van der Waals surface area contributed by atoms with E-state index >= 15 is 0 Å². The summed E-state index contributed by atoms with van der Waals surface area (Å²) in [5.74, 6) is 2.30. The van der Waals surface area contributed by atoms with Crippen molar-refractivity contribution in [1.29, 1.82) is 0 Å². The third-order valence-corrected chi connectivity index (χ3v) is 4.60. The minimum Gasteiger partial charge on any atom is -0.497 e. The van der Waals surface area contributed by atoms with Crippen molar-refractivity contribution >= 4 is 29.9 Å². The molecule has 3 rings (SSSR count). The normalized spacial score (nSPS) is 11.0. The minimum absolute atomic E-state index is 0. The van der Waals surface area contributed by atoms with E-state index in [1.807, 2.05) is 67.6 Å². The molecule has 1 heterocycles. The minimum atomic E-state index is 0. The number of guanidine groups is 1. The van der Waals surface area contributed by atoms with Crippen LogP contribution in [0.25, 0.3) is 11.3 Å². The predicted octanol–water partition coefficient (Wildman–Crippen LogP) is 4.63. The van der Waals surface area contributed by atoms with Crippen molar-refractivity contribution in [2.75, 3.05) is 26.9 Å². The standard InChI is InChI=1S/C24H30N4O3.HI/c1-3-30-15-7-14-25-24(26-17-19-10-12-22(29-2)13-11-19)27-18-21-16-23(31-28-21)20-8-5-4-6-9-20;/h4-6,8-13,16H,3,7,14-15,17-18H2,1-2H3,(H2,25,26,27);1H. The summed E-state index contributed by atoms with van der Waals surface area (Å²) in [5, 5.41) is 10.9. The molecule has 0 saturated heterocycles. The van der Waals surface area contributed by atoms with Crippen LogP contribution in [0, 0.1) is 0 Å². The van der Waals surface area contributed by atoms with Gasteiger partial charge in [-0.1, -0.05) is 47.6 Å². The molecule has 0 aliphatic carbocycles. The average Bonchev–Trinajstić information content (AvgIpc) is 3.30. The number of hydrogen-bond donors (Lipinski definition) is 2. The van der Waals surface area contributed by atoms with Gasteiger partial charge in [0.15, 0.2) is 11.7 Å². The van der Waals surface area contributed by atoms with Crippen LogP contribution < -0.4 is 15.4 Å². The van der Waals surface area contributed by atoms with E-state index in [-0.39, 0.29) is 24.0 Å². The third-order valence-electron chi connectivity index (χ3n) is 4.60. The number of ether oxygens (including phenoxy) is 2. The maximum absolute atomic E-state index is 5.48. The fourth-order valence-corrected chi connectivity index (χ4v) is 2.91. The molecular weight excluding hydrogens is 519 g/mol. The number of nitrogens with one attached hydrogen (secondary N) is 2. The molecule has 2 aromatic carbocycles. The third kappa shape index (κ3) is 8.51. The van der Waals surface area contributed by atoms with Crippen LogP contribution in [0.4, 0.5) is 0 Å². The van der Waals surface area contributed by atoms with Gasteiger partial charge in [-0.3, -0.25) is 0 Å². The van der Waals surface area contributed by atoms with E-state index in [4.69, 9.17) is 19.0 Å². The second kappa shape index (κ2) is 14.5. The van der Waals surface area contributed by atoms with Gasteiger partial charge in [-0.15, -0.1) is 24.0 Å². The number of methoxy groups -OCH3 is 1. The second-order valence-electron chi connectivity index (χ2n) is 6.89. The highest BCUT2D eigenvalue weighted by atomic mass is 127. The smallest absolute Gasteiger partial charge is 0.191 e. The first-order chi connectivity index (χ1) is 15.3. The summed E-state index contributed by atoms with van der Waals surface area (Å²) in [6.45, 7) is 5.28. The van der Waals surface area contributed by atoms with E-state index in [1.165, 1.54) is 0 Å². The molecule has 0 fully saturated rings. The number of rotatable bonds is 11. The molecule has 0 saturated carbocycles. The molecule has 0 spiro atoms. The zero-order chi connectivity index (χ0) is 21.7. The van der Waals surface area contributed by atoms with Crippen molar-refractivity contribution in [2.24, 2.45) is 4.99 Å². The van der Waals surface area contributed by atoms with Crippen molar-refractivity contribution in [2.45, 2.75) is 26.4 Å². The molecule has 7 nitrogen and oxygen atoms in total. The number of hydrogen-bond acceptors (Lipinski definition) is 5. The lowest BCUT2D eigenvalue weighted by Gasteiger charge is -2.12. The van der Waals surface area contributed by atoms with Gasteiger partial charge in [-0.2, -0.15) is 0 Å². The molecule has 0 unspecified atom stereocenters. The molecule has 3 aromatic rings. The van der Waals surface area contributed by atoms with Crippen LogP contribution in [-0.2, 0) is 17.8 Å². The quantitative estimate of drug-likeness (QED) is 0.157. The van der Waals surface area contributed by atoms with E-state index in [1.54, 1.807) is 7.11 Å². The summed E-state index contributed by atoms with van der Waals surface area (Å²) in [4.78, 5) is 4.70. The van der Waals surface area contributed by atoms with Gasteiger partial charge in [0.05, 0.1) is 20.2 Å². The molecule has 0 bridgehead atoms. The van der Waals surface area contributed by atoms with Gasteiger partial charge in [-0.25, -0.2) is 4.99 Å². The van der Waals surface area contributed by atoms with E-state index < -0.39 is 0 Å². The zero-order valence-electron chi connectivity index (χ0n) is 18.5. The van der Waals surface area contributed by atoms with Crippen LogP contribution in [0.1, 0.15) is 24.6 Å². The average molecular weight is 550 g/mol. The topological polar surface area (TPSA) is 80.9 Å². The van der Waals surface area contributed by atoms with Gasteiger partial charge in [0, 0.05) is 31.4 Å². The second-order valence-corrected chi connectivity index (χ2v) is 6.89. The molecule has 8 heteroatoms. The van der Waals surface area contributed by atoms with Crippen LogP contribution in [0.2, 0.25) is 0 Å². The van der Waals surface area contributed by atoms with E-state index in [9.17, 15) is 0 Å². The molecule has 0 aliphatic heterocycles. The summed E-state index contributed by atoms with van der Waals surface area (Å²) in [5.41, 5.74) is 2.92. The Morgan fingerprint density at radius 3 is 2.56 bits per heavy atom. The van der Waals surface area contributed by atoms with E-state index in [0.717, 1.165) is 60.5 Å². The largest absolute Gasteiger partial charge is 0.497 e. The summed E-state index contributed by atoms with van der Waals surface area (Å²) in [6.07, 6.45) is 0.902. The Bertz CT molecular complexity index is 930. The van der Waals surface area contributed by atoms with Crippen molar-refractivity contribution < 1.29 is 14.0 Å². The van der Waals surface area contributed by atoms with Crippen molar-refractivity contribution in [1.82, 2.24) is 15.8 Å². The lowest BCUT2D eigenvalue weighted by atomic mass is 10.2. The summed E-state index contributed by atoms with van der Waals surface area (Å²) in [6, 6.07) is 19.8. The Labute approximate surface area is 206 Å². The molecular formula is C24H31IN4O3. The Hall–Kier alpha value is -2.59. The zero-order valence-corrected chi connectivity index (χ0v) is 20.9. The fourth-order valence-electron chi connectivity index (χ4n) is 2.91. The maximum Gasteiger partial charge on any atom is 0.191 e. The molecule has 0 aliphatic rings. The molecule has 0 amide bonds. The number of aliphatic imine (C=N–C) groups is 1. The number of nitrogens with zero attached hydrogens (tertiary/aromatic N) is 2. The SMILES string of the molecule is CCOCCCNC(=NCc1ccc(OC)cc1)NCc1cc(-c2ccccc2)on1.I. The molecule has 0 atom stereocenters. The van der Waals surface area contributed by atoms with Gasteiger partial charge in [0.25, 0.3) is 0 Å². The first kappa shape index (κ1) is 25.7. The monoisotopic (exact) mass is 550 g/mol. The summed E-state index contributed by atoms with van der Waals surface area (Å²) >= 11 is 0. The van der Waals surface area contributed by atoms with Crippen molar-refractivity contribution in [3.05, 3.63) is 71.9 Å². The van der Waals surface area contributed by atoms with Crippen LogP contribution in [0.15, 0.2) is 70.2 Å². The van der Waals surface area contributed by atoms with Crippen molar-refractivity contribution in [3.8, 4) is 17.1 Å². The van der Waals surface area contributed by atoms with Crippen LogP contribution in [0.3, 0.4) is 0 Å². The Balaban J connectivity index is 0.00000363. The summed E-state index contributed by atoms with van der Waals surface area (Å²) in [7, 11) is 1.66. The fraction of sp³-hybridized carbons (Fsp3) is 0.333. The predicted molar refractivity (Wildman–Crippen MR) is 137 cm³/mol. The maximum atomic E-state index is 5.48. The number of benzene rings is 2. The van der Waals surface area contributed by atoms with Gasteiger partial charge >= 0.3 is 0 Å². The first-order valence-electron chi connectivity index (χ1n) is 10.5.